The maximum atomic E-state index is 11.5. The quantitative estimate of drug-likeness (QED) is 0.831. The maximum absolute atomic E-state index is 11.5. The lowest BCUT2D eigenvalue weighted by Crippen LogP contribution is -2.34. The van der Waals surface area contributed by atoms with Gasteiger partial charge < -0.3 is 9.88 Å². The zero-order chi connectivity index (χ0) is 11.5. The molecule has 1 aromatic rings. The highest BCUT2D eigenvalue weighted by Crippen LogP contribution is 2.26. The molecule has 0 aromatic carbocycles. The normalized spacial score (nSPS) is 17.4. The van der Waals surface area contributed by atoms with Gasteiger partial charge in [-0.15, -0.1) is 0 Å². The number of aromatic nitrogens is 1. The van der Waals surface area contributed by atoms with Crippen LogP contribution in [-0.4, -0.2) is 18.1 Å². The smallest absolute Gasteiger partial charge is 0.252 e. The molecule has 1 aromatic heterocycles. The molecule has 3 nitrogen and oxygen atoms in total. The Morgan fingerprint density at radius 1 is 1.31 bits per heavy atom. The zero-order valence-corrected chi connectivity index (χ0v) is 10.1. The molecule has 3 heteroatoms. The molecule has 0 unspecified atom stereocenters. The third-order valence-corrected chi connectivity index (χ3v) is 3.68. The number of anilines is 1. The Morgan fingerprint density at radius 3 is 2.69 bits per heavy atom. The van der Waals surface area contributed by atoms with Crippen molar-refractivity contribution in [3.63, 3.8) is 0 Å². The average molecular weight is 220 g/mol. The largest absolute Gasteiger partial charge is 0.371 e. The molecule has 1 saturated carbocycles. The fourth-order valence-corrected chi connectivity index (χ4v) is 2.59. The van der Waals surface area contributed by atoms with Crippen molar-refractivity contribution >= 4 is 5.69 Å². The van der Waals surface area contributed by atoms with E-state index in [4.69, 9.17) is 0 Å². The van der Waals surface area contributed by atoms with Gasteiger partial charge in [-0.1, -0.05) is 19.3 Å². The van der Waals surface area contributed by atoms with Crippen LogP contribution in [0.1, 0.15) is 37.7 Å². The van der Waals surface area contributed by atoms with E-state index in [0.717, 1.165) is 11.3 Å². The molecule has 0 saturated heterocycles. The van der Waals surface area contributed by atoms with Crippen molar-refractivity contribution in [3.05, 3.63) is 28.2 Å². The Kier molecular flexibility index (Phi) is 3.32. The molecule has 1 fully saturated rings. The predicted octanol–water partition coefficient (Wildman–Crippen LogP) is 2.45. The second kappa shape index (κ2) is 4.73. The summed E-state index contributed by atoms with van der Waals surface area (Å²) in [6.45, 7) is 1.90. The number of aromatic amines is 1. The van der Waals surface area contributed by atoms with Crippen LogP contribution >= 0.6 is 0 Å². The van der Waals surface area contributed by atoms with Gasteiger partial charge in [0.15, 0.2) is 0 Å². The molecule has 88 valence electrons. The summed E-state index contributed by atoms with van der Waals surface area (Å²) in [5.41, 5.74) is 1.94. The third-order valence-electron chi connectivity index (χ3n) is 3.68. The number of hydrogen-bond acceptors (Lipinski definition) is 2. The van der Waals surface area contributed by atoms with E-state index < -0.39 is 0 Å². The molecule has 1 N–H and O–H groups in total. The van der Waals surface area contributed by atoms with Gasteiger partial charge in [-0.25, -0.2) is 0 Å². The van der Waals surface area contributed by atoms with Gasteiger partial charge in [0.1, 0.15) is 0 Å². The van der Waals surface area contributed by atoms with Crippen molar-refractivity contribution in [2.75, 3.05) is 11.9 Å². The maximum Gasteiger partial charge on any atom is 0.252 e. The van der Waals surface area contributed by atoms with E-state index >= 15 is 0 Å². The van der Waals surface area contributed by atoms with E-state index in [2.05, 4.69) is 16.9 Å². The number of nitrogens with one attached hydrogen (secondary N) is 1. The Labute approximate surface area is 96.5 Å². The third kappa shape index (κ3) is 2.13. The van der Waals surface area contributed by atoms with Gasteiger partial charge in [0.2, 0.25) is 0 Å². The van der Waals surface area contributed by atoms with E-state index in [1.54, 1.807) is 6.20 Å². The fourth-order valence-electron chi connectivity index (χ4n) is 2.59. The Balaban J connectivity index is 2.22. The summed E-state index contributed by atoms with van der Waals surface area (Å²) in [7, 11) is 2.11. The summed E-state index contributed by atoms with van der Waals surface area (Å²) in [4.78, 5) is 16.5. The second-order valence-corrected chi connectivity index (χ2v) is 4.72. The average Bonchev–Trinajstić information content (AvgIpc) is 2.33. The molecule has 0 spiro atoms. The molecule has 16 heavy (non-hydrogen) atoms. The summed E-state index contributed by atoms with van der Waals surface area (Å²) in [6.07, 6.45) is 8.24. The molecule has 0 bridgehead atoms. The SMILES string of the molecule is Cc1c(N(C)C2CCCCC2)cc[nH]c1=O. The molecule has 1 aliphatic rings. The van der Waals surface area contributed by atoms with Crippen LogP contribution in [0.2, 0.25) is 0 Å². The number of H-pyrrole nitrogens is 1. The highest BCUT2D eigenvalue weighted by Gasteiger charge is 2.19. The monoisotopic (exact) mass is 220 g/mol. The van der Waals surface area contributed by atoms with Crippen molar-refractivity contribution in [1.82, 2.24) is 4.98 Å². The van der Waals surface area contributed by atoms with Crippen molar-refractivity contribution in [1.29, 1.82) is 0 Å². The molecule has 0 radical (unpaired) electrons. The van der Waals surface area contributed by atoms with Gasteiger partial charge in [0.25, 0.3) is 5.56 Å². The molecule has 1 aliphatic carbocycles. The van der Waals surface area contributed by atoms with E-state index in [0.29, 0.717) is 6.04 Å². The standard InChI is InChI=1S/C13H20N2O/c1-10-12(8-9-14-13(10)16)15(2)11-6-4-3-5-7-11/h8-9,11H,3-7H2,1-2H3,(H,14,16). The minimum absolute atomic E-state index is 0.0279. The lowest BCUT2D eigenvalue weighted by atomic mass is 9.94. The van der Waals surface area contributed by atoms with Gasteiger partial charge in [-0.05, 0) is 25.8 Å². The Hall–Kier alpha value is -1.25. The van der Waals surface area contributed by atoms with Crippen molar-refractivity contribution in [2.24, 2.45) is 0 Å². The zero-order valence-electron chi connectivity index (χ0n) is 10.1. The van der Waals surface area contributed by atoms with Crippen molar-refractivity contribution in [2.45, 2.75) is 45.1 Å². The Bertz CT molecular complexity index is 405. The topological polar surface area (TPSA) is 36.1 Å². The molecule has 0 amide bonds. The lowest BCUT2D eigenvalue weighted by molar-refractivity contribution is 0.427. The predicted molar refractivity (Wildman–Crippen MR) is 67.1 cm³/mol. The highest BCUT2D eigenvalue weighted by atomic mass is 16.1. The van der Waals surface area contributed by atoms with E-state index in [-0.39, 0.29) is 5.56 Å². The minimum Gasteiger partial charge on any atom is -0.371 e. The van der Waals surface area contributed by atoms with Crippen LogP contribution in [-0.2, 0) is 0 Å². The molecular weight excluding hydrogens is 200 g/mol. The first-order valence-electron chi connectivity index (χ1n) is 6.11. The fraction of sp³-hybridized carbons (Fsp3) is 0.615. The molecule has 0 aliphatic heterocycles. The first-order chi connectivity index (χ1) is 7.70. The number of pyridine rings is 1. The van der Waals surface area contributed by atoms with Crippen molar-refractivity contribution < 1.29 is 0 Å². The minimum atomic E-state index is 0.0279. The van der Waals surface area contributed by atoms with E-state index in [1.807, 2.05) is 13.0 Å². The van der Waals surface area contributed by atoms with E-state index in [9.17, 15) is 4.79 Å². The summed E-state index contributed by atoms with van der Waals surface area (Å²) < 4.78 is 0. The van der Waals surface area contributed by atoms with Crippen LogP contribution in [0.4, 0.5) is 5.69 Å². The highest BCUT2D eigenvalue weighted by molar-refractivity contribution is 5.51. The summed E-state index contributed by atoms with van der Waals surface area (Å²) in [5, 5.41) is 0. The van der Waals surface area contributed by atoms with Crippen molar-refractivity contribution in [3.8, 4) is 0 Å². The van der Waals surface area contributed by atoms with Crippen LogP contribution < -0.4 is 10.5 Å². The number of hydrogen-bond donors (Lipinski definition) is 1. The summed E-state index contributed by atoms with van der Waals surface area (Å²) in [5.74, 6) is 0. The van der Waals surface area contributed by atoms with E-state index in [1.165, 1.54) is 32.1 Å². The summed E-state index contributed by atoms with van der Waals surface area (Å²) in [6, 6.07) is 2.61. The number of nitrogens with zero attached hydrogens (tertiary/aromatic N) is 1. The number of rotatable bonds is 2. The molecule has 2 rings (SSSR count). The molecule has 1 heterocycles. The van der Waals surface area contributed by atoms with Gasteiger partial charge in [-0.3, -0.25) is 4.79 Å². The lowest BCUT2D eigenvalue weighted by Gasteiger charge is -2.33. The van der Waals surface area contributed by atoms with Crippen LogP contribution in [0.15, 0.2) is 17.1 Å². The van der Waals surface area contributed by atoms with Crippen LogP contribution in [0, 0.1) is 6.92 Å². The van der Waals surface area contributed by atoms with Gasteiger partial charge in [0.05, 0.1) is 0 Å². The van der Waals surface area contributed by atoms with Crippen LogP contribution in [0.5, 0.6) is 0 Å². The van der Waals surface area contributed by atoms with Gasteiger partial charge in [0, 0.05) is 30.5 Å². The first-order valence-corrected chi connectivity index (χ1v) is 6.11. The summed E-state index contributed by atoms with van der Waals surface area (Å²) >= 11 is 0. The molecular formula is C13H20N2O. The van der Waals surface area contributed by atoms with Crippen LogP contribution in [0.25, 0.3) is 0 Å². The van der Waals surface area contributed by atoms with Gasteiger partial charge in [-0.2, -0.15) is 0 Å². The Morgan fingerprint density at radius 2 is 2.00 bits per heavy atom. The molecule has 0 atom stereocenters. The first kappa shape index (κ1) is 11.2. The van der Waals surface area contributed by atoms with Gasteiger partial charge >= 0.3 is 0 Å². The van der Waals surface area contributed by atoms with Crippen LogP contribution in [0.3, 0.4) is 0 Å². The second-order valence-electron chi connectivity index (χ2n) is 4.72.